The van der Waals surface area contributed by atoms with E-state index in [1.807, 2.05) is 6.07 Å². The number of hydrogen-bond acceptors (Lipinski definition) is 3. The molecule has 24 heavy (non-hydrogen) atoms. The van der Waals surface area contributed by atoms with E-state index < -0.39 is 0 Å². The standard InChI is InChI=1S/C19H25N3O2/c1-12-4-2-5-13(10-12)20-18-7-3-6-15-16-11-14(22(23)24)8-9-17(16)21-19(15)18/h8-9,11-13,18,20-21H,2-7,10H2,1H3/t12-,13+,18+/m0/s1. The molecule has 0 aliphatic heterocycles. The third-order valence-corrected chi connectivity index (χ3v) is 5.77. The van der Waals surface area contributed by atoms with Gasteiger partial charge in [-0.2, -0.15) is 0 Å². The molecule has 2 aliphatic carbocycles. The van der Waals surface area contributed by atoms with Crippen LogP contribution in [0.1, 0.15) is 62.7 Å². The summed E-state index contributed by atoms with van der Waals surface area (Å²) in [6.45, 7) is 2.35. The van der Waals surface area contributed by atoms with Gasteiger partial charge >= 0.3 is 0 Å². The summed E-state index contributed by atoms with van der Waals surface area (Å²) in [6.07, 6.45) is 8.49. The Hall–Kier alpha value is -1.88. The number of benzene rings is 1. The van der Waals surface area contributed by atoms with E-state index in [9.17, 15) is 10.1 Å². The zero-order valence-corrected chi connectivity index (χ0v) is 14.2. The number of nitrogens with zero attached hydrogens (tertiary/aromatic N) is 1. The van der Waals surface area contributed by atoms with E-state index in [2.05, 4.69) is 17.2 Å². The smallest absolute Gasteiger partial charge is 0.270 e. The van der Waals surface area contributed by atoms with Crippen molar-refractivity contribution in [3.63, 3.8) is 0 Å². The average Bonchev–Trinajstić information content (AvgIpc) is 2.94. The van der Waals surface area contributed by atoms with Crippen LogP contribution in [0.15, 0.2) is 18.2 Å². The number of hydrogen-bond donors (Lipinski definition) is 2. The summed E-state index contributed by atoms with van der Waals surface area (Å²) in [5.74, 6) is 0.810. The second kappa shape index (κ2) is 6.20. The quantitative estimate of drug-likeness (QED) is 0.638. The normalized spacial score (nSPS) is 27.1. The van der Waals surface area contributed by atoms with Crippen LogP contribution in [0.5, 0.6) is 0 Å². The first kappa shape index (κ1) is 15.6. The molecule has 1 aromatic carbocycles. The molecule has 5 nitrogen and oxygen atoms in total. The molecular weight excluding hydrogens is 302 g/mol. The van der Waals surface area contributed by atoms with Gasteiger partial charge < -0.3 is 10.3 Å². The molecule has 1 fully saturated rings. The molecule has 0 bridgehead atoms. The Balaban J connectivity index is 1.64. The molecule has 0 amide bonds. The summed E-state index contributed by atoms with van der Waals surface area (Å²) in [6, 6.07) is 6.14. The number of non-ortho nitro benzene ring substituents is 1. The van der Waals surface area contributed by atoms with E-state index >= 15 is 0 Å². The van der Waals surface area contributed by atoms with Crippen molar-refractivity contribution in [1.29, 1.82) is 0 Å². The lowest BCUT2D eigenvalue weighted by molar-refractivity contribution is -0.384. The summed E-state index contributed by atoms with van der Waals surface area (Å²) in [5.41, 5.74) is 3.74. The van der Waals surface area contributed by atoms with Crippen LogP contribution in [0.25, 0.3) is 10.9 Å². The van der Waals surface area contributed by atoms with Crippen molar-refractivity contribution in [2.24, 2.45) is 5.92 Å². The van der Waals surface area contributed by atoms with Gasteiger partial charge in [0, 0.05) is 40.8 Å². The van der Waals surface area contributed by atoms with Gasteiger partial charge in [0.05, 0.1) is 4.92 Å². The van der Waals surface area contributed by atoms with Crippen LogP contribution in [0.3, 0.4) is 0 Å². The highest BCUT2D eigenvalue weighted by Gasteiger charge is 2.28. The van der Waals surface area contributed by atoms with Gasteiger partial charge in [0.15, 0.2) is 0 Å². The highest BCUT2D eigenvalue weighted by molar-refractivity contribution is 5.87. The van der Waals surface area contributed by atoms with E-state index in [1.165, 1.54) is 36.9 Å². The van der Waals surface area contributed by atoms with Crippen molar-refractivity contribution in [3.8, 4) is 0 Å². The van der Waals surface area contributed by atoms with Gasteiger partial charge in [0.2, 0.25) is 0 Å². The van der Waals surface area contributed by atoms with Gasteiger partial charge in [-0.3, -0.25) is 10.1 Å². The molecule has 1 aromatic heterocycles. The van der Waals surface area contributed by atoms with Crippen molar-refractivity contribution < 1.29 is 4.92 Å². The monoisotopic (exact) mass is 327 g/mol. The fraction of sp³-hybridized carbons (Fsp3) is 0.579. The average molecular weight is 327 g/mol. The number of aromatic amines is 1. The Morgan fingerprint density at radius 1 is 1.25 bits per heavy atom. The van der Waals surface area contributed by atoms with Crippen LogP contribution in [-0.2, 0) is 6.42 Å². The topological polar surface area (TPSA) is 71.0 Å². The fourth-order valence-electron chi connectivity index (χ4n) is 4.60. The molecule has 4 rings (SSSR count). The SMILES string of the molecule is C[C@H]1CCC[C@@H](N[C@@H]2CCCc3c2[nH]c2ccc([N+](=O)[O-])cc32)C1. The van der Waals surface area contributed by atoms with Crippen LogP contribution in [-0.4, -0.2) is 15.9 Å². The number of aromatic nitrogens is 1. The largest absolute Gasteiger partial charge is 0.357 e. The van der Waals surface area contributed by atoms with Crippen LogP contribution in [0, 0.1) is 16.0 Å². The van der Waals surface area contributed by atoms with Crippen LogP contribution in [0.2, 0.25) is 0 Å². The summed E-state index contributed by atoms with van der Waals surface area (Å²) in [7, 11) is 0. The van der Waals surface area contributed by atoms with Crippen molar-refractivity contribution in [2.45, 2.75) is 64.0 Å². The van der Waals surface area contributed by atoms with Crippen LogP contribution in [0.4, 0.5) is 5.69 Å². The molecule has 2 aliphatic rings. The predicted molar refractivity (Wildman–Crippen MR) is 95.2 cm³/mol. The Morgan fingerprint density at radius 3 is 2.92 bits per heavy atom. The predicted octanol–water partition coefficient (Wildman–Crippen LogP) is 4.62. The second-order valence-electron chi connectivity index (χ2n) is 7.58. The Morgan fingerprint density at radius 2 is 2.12 bits per heavy atom. The zero-order chi connectivity index (χ0) is 16.7. The Kier molecular flexibility index (Phi) is 4.04. The molecule has 2 aromatic rings. The van der Waals surface area contributed by atoms with Crippen molar-refractivity contribution >= 4 is 16.6 Å². The second-order valence-corrected chi connectivity index (χ2v) is 7.58. The van der Waals surface area contributed by atoms with Gasteiger partial charge in [-0.05, 0) is 49.7 Å². The zero-order valence-electron chi connectivity index (χ0n) is 14.2. The molecule has 1 heterocycles. The Labute approximate surface area is 142 Å². The molecule has 0 unspecified atom stereocenters. The molecule has 0 radical (unpaired) electrons. The number of H-pyrrole nitrogens is 1. The maximum atomic E-state index is 11.1. The van der Waals surface area contributed by atoms with Gasteiger partial charge in [-0.1, -0.05) is 19.8 Å². The van der Waals surface area contributed by atoms with Crippen molar-refractivity contribution in [1.82, 2.24) is 10.3 Å². The first-order valence-electron chi connectivity index (χ1n) is 9.16. The maximum Gasteiger partial charge on any atom is 0.270 e. The van der Waals surface area contributed by atoms with Gasteiger partial charge in [0.1, 0.15) is 0 Å². The van der Waals surface area contributed by atoms with E-state index in [1.54, 1.807) is 12.1 Å². The van der Waals surface area contributed by atoms with Crippen LogP contribution >= 0.6 is 0 Å². The molecule has 5 heteroatoms. The lowest BCUT2D eigenvalue weighted by atomic mass is 9.85. The van der Waals surface area contributed by atoms with Crippen LogP contribution < -0.4 is 5.32 Å². The van der Waals surface area contributed by atoms with Gasteiger partial charge in [-0.15, -0.1) is 0 Å². The molecule has 3 atom stereocenters. The summed E-state index contributed by atoms with van der Waals surface area (Å²) < 4.78 is 0. The molecular formula is C19H25N3O2. The molecule has 0 spiro atoms. The molecule has 0 saturated heterocycles. The highest BCUT2D eigenvalue weighted by Crippen LogP contribution is 2.37. The highest BCUT2D eigenvalue weighted by atomic mass is 16.6. The van der Waals surface area contributed by atoms with Gasteiger partial charge in [-0.25, -0.2) is 0 Å². The molecule has 1 saturated carbocycles. The van der Waals surface area contributed by atoms with E-state index in [-0.39, 0.29) is 10.6 Å². The maximum absolute atomic E-state index is 11.1. The molecule has 2 N–H and O–H groups in total. The minimum atomic E-state index is -0.305. The number of fused-ring (bicyclic) bond motifs is 3. The van der Waals surface area contributed by atoms with E-state index in [0.29, 0.717) is 12.1 Å². The Bertz CT molecular complexity index is 767. The number of nitro groups is 1. The lowest BCUT2D eigenvalue weighted by Gasteiger charge is -2.33. The summed E-state index contributed by atoms with van der Waals surface area (Å²) in [4.78, 5) is 14.3. The third-order valence-electron chi connectivity index (χ3n) is 5.77. The number of rotatable bonds is 3. The van der Waals surface area contributed by atoms with E-state index in [0.717, 1.165) is 36.1 Å². The van der Waals surface area contributed by atoms with Gasteiger partial charge in [0.25, 0.3) is 5.69 Å². The number of nitro benzene ring substituents is 1. The first-order valence-corrected chi connectivity index (χ1v) is 9.16. The number of nitrogens with one attached hydrogen (secondary N) is 2. The lowest BCUT2D eigenvalue weighted by Crippen LogP contribution is -2.37. The minimum absolute atomic E-state index is 0.181. The minimum Gasteiger partial charge on any atom is -0.357 e. The van der Waals surface area contributed by atoms with E-state index in [4.69, 9.17) is 0 Å². The third kappa shape index (κ3) is 2.81. The molecule has 128 valence electrons. The summed E-state index contributed by atoms with van der Waals surface area (Å²) in [5, 5.41) is 16.0. The van der Waals surface area contributed by atoms with Crippen molar-refractivity contribution in [3.05, 3.63) is 39.6 Å². The summed E-state index contributed by atoms with van der Waals surface area (Å²) >= 11 is 0. The first-order chi connectivity index (χ1) is 11.6. The number of aryl methyl sites for hydroxylation is 1. The van der Waals surface area contributed by atoms with Crippen molar-refractivity contribution in [2.75, 3.05) is 0 Å². The fourth-order valence-corrected chi connectivity index (χ4v) is 4.60.